The van der Waals surface area contributed by atoms with Crippen LogP contribution in [0.5, 0.6) is 0 Å². The van der Waals surface area contributed by atoms with Gasteiger partial charge in [0.2, 0.25) is 5.91 Å². The molecule has 7 heteroatoms. The van der Waals surface area contributed by atoms with Crippen LogP contribution in [0.3, 0.4) is 0 Å². The Morgan fingerprint density at radius 3 is 2.81 bits per heavy atom. The number of aryl methyl sites for hydroxylation is 1. The van der Waals surface area contributed by atoms with Crippen molar-refractivity contribution in [2.75, 3.05) is 11.9 Å². The molecule has 0 atom stereocenters. The lowest BCUT2D eigenvalue weighted by Crippen LogP contribution is -2.30. The van der Waals surface area contributed by atoms with Gasteiger partial charge >= 0.3 is 5.97 Å². The molecule has 0 aliphatic carbocycles. The number of nitrogens with zero attached hydrogens (tertiary/aromatic N) is 2. The van der Waals surface area contributed by atoms with E-state index >= 15 is 0 Å². The zero-order valence-electron chi connectivity index (χ0n) is 14.4. The molecule has 2 heterocycles. The minimum absolute atomic E-state index is 0.142. The minimum Gasteiger partial charge on any atom is -0.461 e. The van der Waals surface area contributed by atoms with Crippen molar-refractivity contribution in [3.8, 4) is 0 Å². The summed E-state index contributed by atoms with van der Waals surface area (Å²) in [6.45, 7) is 2.34. The number of benzene rings is 1. The van der Waals surface area contributed by atoms with Crippen LogP contribution in [0.4, 0.5) is 5.69 Å². The summed E-state index contributed by atoms with van der Waals surface area (Å²) in [5.74, 6) is -0.699. The Bertz CT molecular complexity index is 916. The number of anilines is 1. The highest BCUT2D eigenvalue weighted by Gasteiger charge is 2.25. The van der Waals surface area contributed by atoms with Crippen LogP contribution in [0.15, 0.2) is 41.2 Å². The van der Waals surface area contributed by atoms with Crippen molar-refractivity contribution in [2.24, 2.45) is 0 Å². The molecule has 26 heavy (non-hydrogen) atoms. The van der Waals surface area contributed by atoms with Crippen molar-refractivity contribution in [1.29, 1.82) is 0 Å². The van der Waals surface area contributed by atoms with Crippen LogP contribution in [-0.4, -0.2) is 28.0 Å². The van der Waals surface area contributed by atoms with Gasteiger partial charge in [0.15, 0.2) is 5.69 Å². The number of aromatic nitrogens is 2. The first kappa shape index (κ1) is 17.6. The van der Waals surface area contributed by atoms with E-state index in [1.165, 1.54) is 10.6 Å². The quantitative estimate of drug-likeness (QED) is 0.656. The average molecular weight is 353 g/mol. The number of rotatable bonds is 5. The number of amides is 1. The smallest absolute Gasteiger partial charge is 0.359 e. The summed E-state index contributed by atoms with van der Waals surface area (Å²) < 4.78 is 6.46. The van der Waals surface area contributed by atoms with Crippen molar-refractivity contribution in [1.82, 2.24) is 9.55 Å². The largest absolute Gasteiger partial charge is 0.461 e. The van der Waals surface area contributed by atoms with Gasteiger partial charge < -0.3 is 10.1 Å². The van der Waals surface area contributed by atoms with Crippen molar-refractivity contribution in [3.63, 3.8) is 0 Å². The van der Waals surface area contributed by atoms with Gasteiger partial charge in [-0.3, -0.25) is 14.2 Å². The number of carbonyl (C=O) groups is 2. The van der Waals surface area contributed by atoms with Gasteiger partial charge in [0.05, 0.1) is 6.61 Å². The van der Waals surface area contributed by atoms with Crippen LogP contribution in [0.25, 0.3) is 6.08 Å². The average Bonchev–Trinajstić information content (AvgIpc) is 3.12. The molecule has 1 aliphatic rings. The first-order valence-electron chi connectivity index (χ1n) is 8.45. The van der Waals surface area contributed by atoms with Crippen molar-refractivity contribution in [3.05, 3.63) is 63.8 Å². The number of nitrogens with one attached hydrogen (secondary N) is 1. The Balaban J connectivity index is 1.90. The molecule has 7 nitrogen and oxygen atoms in total. The van der Waals surface area contributed by atoms with Gasteiger partial charge in [-0.2, -0.15) is 0 Å². The van der Waals surface area contributed by atoms with Gasteiger partial charge in [0.1, 0.15) is 11.5 Å². The Morgan fingerprint density at radius 2 is 2.08 bits per heavy atom. The Hall–Kier alpha value is -3.22. The highest BCUT2D eigenvalue weighted by Crippen LogP contribution is 2.16. The minimum atomic E-state index is -0.720. The topological polar surface area (TPSA) is 90.3 Å². The Morgan fingerprint density at radius 1 is 1.31 bits per heavy atom. The lowest BCUT2D eigenvalue weighted by atomic mass is 10.2. The molecule has 0 spiro atoms. The number of esters is 1. The fourth-order valence-electron chi connectivity index (χ4n) is 2.78. The van der Waals surface area contributed by atoms with E-state index in [0.717, 1.165) is 12.0 Å². The molecule has 2 aromatic rings. The zero-order chi connectivity index (χ0) is 18.5. The number of ether oxygens (including phenoxy) is 1. The van der Waals surface area contributed by atoms with E-state index < -0.39 is 17.4 Å². The summed E-state index contributed by atoms with van der Waals surface area (Å²) in [6, 6.07) is 9.28. The maximum Gasteiger partial charge on any atom is 0.359 e. The van der Waals surface area contributed by atoms with Gasteiger partial charge in [-0.25, -0.2) is 9.78 Å². The van der Waals surface area contributed by atoms with Gasteiger partial charge in [0, 0.05) is 19.0 Å². The van der Waals surface area contributed by atoms with Gasteiger partial charge in [0.25, 0.3) is 5.56 Å². The maximum atomic E-state index is 12.7. The predicted octanol–water partition coefficient (Wildman–Crippen LogP) is 2.02. The van der Waals surface area contributed by atoms with Crippen LogP contribution in [0.2, 0.25) is 0 Å². The maximum absolute atomic E-state index is 12.7. The molecular weight excluding hydrogens is 334 g/mol. The monoisotopic (exact) mass is 353 g/mol. The Labute approximate surface area is 150 Å². The van der Waals surface area contributed by atoms with E-state index in [1.807, 2.05) is 30.3 Å². The van der Waals surface area contributed by atoms with E-state index in [2.05, 4.69) is 10.3 Å². The molecular formula is C19H19N3O4. The molecule has 1 amide bonds. The van der Waals surface area contributed by atoms with E-state index in [-0.39, 0.29) is 18.0 Å². The second-order valence-corrected chi connectivity index (χ2v) is 5.77. The summed E-state index contributed by atoms with van der Waals surface area (Å²) in [5, 5.41) is 2.50. The van der Waals surface area contributed by atoms with E-state index in [0.29, 0.717) is 18.8 Å². The molecule has 134 valence electrons. The summed E-state index contributed by atoms with van der Waals surface area (Å²) in [4.78, 5) is 41.4. The van der Waals surface area contributed by atoms with Crippen LogP contribution in [-0.2, 0) is 22.5 Å². The first-order valence-corrected chi connectivity index (χ1v) is 8.45. The zero-order valence-corrected chi connectivity index (χ0v) is 14.4. The molecule has 0 bridgehead atoms. The second-order valence-electron chi connectivity index (χ2n) is 5.77. The third kappa shape index (κ3) is 3.72. The van der Waals surface area contributed by atoms with Crippen molar-refractivity contribution >= 4 is 23.6 Å². The molecule has 1 aliphatic heterocycles. The summed E-state index contributed by atoms with van der Waals surface area (Å²) >= 11 is 0. The van der Waals surface area contributed by atoms with E-state index in [9.17, 15) is 14.4 Å². The standard InChI is InChI=1S/C19H19N3O4/c1-2-26-19(25)17-16(18(24)22-12-6-9-14(22)20-17)21-15(23)11-10-13-7-4-3-5-8-13/h3-5,7-8,10-11H,2,6,9,12H2,1H3,(H,21,23). The van der Waals surface area contributed by atoms with Gasteiger partial charge in [-0.1, -0.05) is 30.3 Å². The summed E-state index contributed by atoms with van der Waals surface area (Å²) in [6.07, 6.45) is 4.32. The van der Waals surface area contributed by atoms with Gasteiger partial charge in [-0.05, 0) is 25.0 Å². The van der Waals surface area contributed by atoms with Crippen LogP contribution in [0.1, 0.15) is 35.2 Å². The summed E-state index contributed by atoms with van der Waals surface area (Å²) in [5.41, 5.74) is 0.123. The van der Waals surface area contributed by atoms with Crippen LogP contribution < -0.4 is 10.9 Å². The molecule has 0 radical (unpaired) electrons. The number of hydrogen-bond donors (Lipinski definition) is 1. The normalized spacial score (nSPS) is 12.8. The molecule has 1 N–H and O–H groups in total. The number of hydrogen-bond acceptors (Lipinski definition) is 5. The molecule has 0 unspecified atom stereocenters. The lowest BCUT2D eigenvalue weighted by molar-refractivity contribution is -0.111. The highest BCUT2D eigenvalue weighted by molar-refractivity contribution is 6.05. The predicted molar refractivity (Wildman–Crippen MR) is 96.9 cm³/mol. The van der Waals surface area contributed by atoms with E-state index in [1.54, 1.807) is 13.0 Å². The fraction of sp³-hybridized carbons (Fsp3) is 0.263. The third-order valence-corrected chi connectivity index (χ3v) is 3.97. The SMILES string of the molecule is CCOC(=O)c1nc2n(c(=O)c1NC(=O)C=Cc1ccccc1)CCC2. The molecule has 0 fully saturated rings. The van der Waals surface area contributed by atoms with Gasteiger partial charge in [-0.15, -0.1) is 0 Å². The molecule has 1 aromatic heterocycles. The summed E-state index contributed by atoms with van der Waals surface area (Å²) in [7, 11) is 0. The number of carbonyl (C=O) groups excluding carboxylic acids is 2. The molecule has 3 rings (SSSR count). The number of fused-ring (bicyclic) bond motifs is 1. The lowest BCUT2D eigenvalue weighted by Gasteiger charge is -2.11. The molecule has 1 aromatic carbocycles. The first-order chi connectivity index (χ1) is 12.6. The fourth-order valence-corrected chi connectivity index (χ4v) is 2.78. The highest BCUT2D eigenvalue weighted by atomic mass is 16.5. The third-order valence-electron chi connectivity index (χ3n) is 3.97. The molecule has 0 saturated carbocycles. The van der Waals surface area contributed by atoms with Crippen LogP contribution >= 0.6 is 0 Å². The van der Waals surface area contributed by atoms with Crippen molar-refractivity contribution in [2.45, 2.75) is 26.3 Å². The van der Waals surface area contributed by atoms with E-state index in [4.69, 9.17) is 4.74 Å². The second kappa shape index (κ2) is 7.77. The molecule has 0 saturated heterocycles. The van der Waals surface area contributed by atoms with Crippen LogP contribution in [0, 0.1) is 0 Å². The van der Waals surface area contributed by atoms with Crippen molar-refractivity contribution < 1.29 is 14.3 Å². The Kier molecular flexibility index (Phi) is 5.26.